The van der Waals surface area contributed by atoms with E-state index in [-0.39, 0.29) is 22.7 Å². The van der Waals surface area contributed by atoms with Gasteiger partial charge in [0.2, 0.25) is 10.0 Å². The van der Waals surface area contributed by atoms with E-state index in [1.54, 1.807) is 32.7 Å². The van der Waals surface area contributed by atoms with Gasteiger partial charge in [0, 0.05) is 26.1 Å². The van der Waals surface area contributed by atoms with E-state index in [0.29, 0.717) is 24.5 Å². The molecule has 1 aliphatic heterocycles. The van der Waals surface area contributed by atoms with Crippen molar-refractivity contribution in [1.82, 2.24) is 19.8 Å². The third-order valence-corrected chi connectivity index (χ3v) is 6.12. The van der Waals surface area contributed by atoms with Crippen LogP contribution in [0.25, 0.3) is 0 Å². The van der Waals surface area contributed by atoms with Gasteiger partial charge in [0.25, 0.3) is 0 Å². The number of hydrogen-bond acceptors (Lipinski definition) is 5. The van der Waals surface area contributed by atoms with Gasteiger partial charge >= 0.3 is 0 Å². The number of rotatable bonds is 6. The molecule has 1 fully saturated rings. The second-order valence-electron chi connectivity index (χ2n) is 6.13. The molecular formula is C14H27ClN4O3S. The van der Waals surface area contributed by atoms with Crippen LogP contribution in [-0.2, 0) is 21.8 Å². The number of hydrogen-bond donors (Lipinski definition) is 2. The Labute approximate surface area is 144 Å². The number of halogens is 1. The standard InChI is InChI=1S/C14H26N4O3S.ClH/c1-11-13(12(2)18(3)17-11)22(19,20)16-9-14(10-21-4)5-7-15-8-6-14;/h15-16H,5-10H2,1-4H3;1H. The molecule has 0 amide bonds. The molecule has 1 aromatic heterocycles. The van der Waals surface area contributed by atoms with Crippen LogP contribution < -0.4 is 10.0 Å². The van der Waals surface area contributed by atoms with Crippen molar-refractivity contribution in [3.8, 4) is 0 Å². The van der Waals surface area contributed by atoms with Crippen molar-refractivity contribution in [3.63, 3.8) is 0 Å². The number of ether oxygens (including phenoxy) is 1. The van der Waals surface area contributed by atoms with E-state index in [0.717, 1.165) is 25.9 Å². The summed E-state index contributed by atoms with van der Waals surface area (Å²) >= 11 is 0. The largest absolute Gasteiger partial charge is 0.384 e. The van der Waals surface area contributed by atoms with E-state index < -0.39 is 10.0 Å². The third-order valence-electron chi connectivity index (χ3n) is 4.46. The molecule has 1 aromatic rings. The number of aryl methyl sites for hydroxylation is 2. The van der Waals surface area contributed by atoms with Crippen LogP contribution in [0.3, 0.4) is 0 Å². The van der Waals surface area contributed by atoms with Crippen LogP contribution in [0.15, 0.2) is 4.90 Å². The molecule has 1 aliphatic rings. The molecule has 0 aliphatic carbocycles. The second kappa shape index (κ2) is 7.94. The van der Waals surface area contributed by atoms with Crippen LogP contribution >= 0.6 is 12.4 Å². The molecule has 0 bridgehead atoms. The molecule has 0 radical (unpaired) electrons. The first-order valence-corrected chi connectivity index (χ1v) is 8.99. The molecule has 23 heavy (non-hydrogen) atoms. The van der Waals surface area contributed by atoms with Crippen LogP contribution in [0.4, 0.5) is 0 Å². The zero-order valence-corrected chi connectivity index (χ0v) is 15.8. The first-order chi connectivity index (χ1) is 10.3. The smallest absolute Gasteiger partial charge is 0.244 e. The summed E-state index contributed by atoms with van der Waals surface area (Å²) in [6.07, 6.45) is 1.79. The summed E-state index contributed by atoms with van der Waals surface area (Å²) in [7, 11) is -0.155. The average Bonchev–Trinajstić information content (AvgIpc) is 2.72. The average molecular weight is 367 g/mol. The van der Waals surface area contributed by atoms with Crippen LogP contribution in [0, 0.1) is 19.3 Å². The van der Waals surface area contributed by atoms with Crippen LogP contribution in [0.2, 0.25) is 0 Å². The summed E-state index contributed by atoms with van der Waals surface area (Å²) < 4.78 is 35.0. The molecule has 134 valence electrons. The molecule has 7 nitrogen and oxygen atoms in total. The van der Waals surface area contributed by atoms with Crippen molar-refractivity contribution < 1.29 is 13.2 Å². The third kappa shape index (κ3) is 4.45. The zero-order chi connectivity index (χ0) is 16.4. The Bertz CT molecular complexity index is 619. The fraction of sp³-hybridized carbons (Fsp3) is 0.786. The fourth-order valence-electron chi connectivity index (χ4n) is 3.10. The minimum absolute atomic E-state index is 0. The van der Waals surface area contributed by atoms with E-state index in [1.165, 1.54) is 0 Å². The number of nitrogens with one attached hydrogen (secondary N) is 2. The number of nitrogens with zero attached hydrogens (tertiary/aromatic N) is 2. The number of aromatic nitrogens is 2. The molecule has 0 spiro atoms. The van der Waals surface area contributed by atoms with Crippen molar-refractivity contribution in [3.05, 3.63) is 11.4 Å². The minimum atomic E-state index is -3.57. The van der Waals surface area contributed by atoms with E-state index >= 15 is 0 Å². The minimum Gasteiger partial charge on any atom is -0.384 e. The maximum atomic E-state index is 12.7. The quantitative estimate of drug-likeness (QED) is 0.776. The predicted molar refractivity (Wildman–Crippen MR) is 91.5 cm³/mol. The summed E-state index contributed by atoms with van der Waals surface area (Å²) in [6, 6.07) is 0. The van der Waals surface area contributed by atoms with Gasteiger partial charge in [0.1, 0.15) is 4.90 Å². The van der Waals surface area contributed by atoms with E-state index in [1.807, 2.05) is 0 Å². The first-order valence-electron chi connectivity index (χ1n) is 7.51. The number of piperidine rings is 1. The van der Waals surface area contributed by atoms with Crippen molar-refractivity contribution in [1.29, 1.82) is 0 Å². The lowest BCUT2D eigenvalue weighted by Crippen LogP contribution is -2.47. The molecule has 9 heteroatoms. The Kier molecular flexibility index (Phi) is 7.03. The van der Waals surface area contributed by atoms with Gasteiger partial charge in [-0.25, -0.2) is 13.1 Å². The summed E-state index contributed by atoms with van der Waals surface area (Å²) in [6.45, 7) is 6.20. The Morgan fingerprint density at radius 2 is 1.96 bits per heavy atom. The highest BCUT2D eigenvalue weighted by molar-refractivity contribution is 7.89. The van der Waals surface area contributed by atoms with E-state index in [4.69, 9.17) is 4.74 Å². The Morgan fingerprint density at radius 1 is 1.35 bits per heavy atom. The molecular weight excluding hydrogens is 340 g/mol. The maximum absolute atomic E-state index is 12.7. The molecule has 0 atom stereocenters. The molecule has 0 aromatic carbocycles. The zero-order valence-electron chi connectivity index (χ0n) is 14.2. The van der Waals surface area contributed by atoms with Gasteiger partial charge in [0.05, 0.1) is 18.0 Å². The van der Waals surface area contributed by atoms with Gasteiger partial charge in [0.15, 0.2) is 0 Å². The van der Waals surface area contributed by atoms with Crippen molar-refractivity contribution >= 4 is 22.4 Å². The molecule has 2 N–H and O–H groups in total. The second-order valence-corrected chi connectivity index (χ2v) is 7.83. The van der Waals surface area contributed by atoms with Gasteiger partial charge in [-0.2, -0.15) is 5.10 Å². The van der Waals surface area contributed by atoms with Crippen molar-refractivity contribution in [2.45, 2.75) is 31.6 Å². The molecule has 0 unspecified atom stereocenters. The lowest BCUT2D eigenvalue weighted by atomic mass is 9.80. The normalized spacial score (nSPS) is 17.7. The highest BCUT2D eigenvalue weighted by Gasteiger charge is 2.34. The Morgan fingerprint density at radius 3 is 2.43 bits per heavy atom. The van der Waals surface area contributed by atoms with Crippen molar-refractivity contribution in [2.24, 2.45) is 12.5 Å². The van der Waals surface area contributed by atoms with Crippen LogP contribution in [0.1, 0.15) is 24.2 Å². The maximum Gasteiger partial charge on any atom is 0.244 e. The van der Waals surface area contributed by atoms with Gasteiger partial charge in [-0.15, -0.1) is 12.4 Å². The summed E-state index contributed by atoms with van der Waals surface area (Å²) in [5, 5.41) is 7.49. The number of methoxy groups -OCH3 is 1. The Hall–Kier alpha value is -0.670. The van der Waals surface area contributed by atoms with E-state index in [2.05, 4.69) is 15.1 Å². The molecule has 2 rings (SSSR count). The molecule has 2 heterocycles. The molecule has 0 saturated carbocycles. The van der Waals surface area contributed by atoms with Gasteiger partial charge < -0.3 is 10.1 Å². The highest BCUT2D eigenvalue weighted by atomic mass is 35.5. The van der Waals surface area contributed by atoms with Gasteiger partial charge in [-0.3, -0.25) is 4.68 Å². The summed E-state index contributed by atoms with van der Waals surface area (Å²) in [4.78, 5) is 0.288. The van der Waals surface area contributed by atoms with Crippen LogP contribution in [0.5, 0.6) is 0 Å². The summed E-state index contributed by atoms with van der Waals surface area (Å²) in [5.41, 5.74) is 1.03. The first kappa shape index (κ1) is 20.4. The monoisotopic (exact) mass is 366 g/mol. The molecule has 1 saturated heterocycles. The fourth-order valence-corrected chi connectivity index (χ4v) is 4.69. The highest BCUT2D eigenvalue weighted by Crippen LogP contribution is 2.29. The number of sulfonamides is 1. The summed E-state index contributed by atoms with van der Waals surface area (Å²) in [5.74, 6) is 0. The predicted octanol–water partition coefficient (Wildman–Crippen LogP) is 0.753. The van der Waals surface area contributed by atoms with Crippen LogP contribution in [-0.4, -0.2) is 51.5 Å². The van der Waals surface area contributed by atoms with Gasteiger partial charge in [-0.1, -0.05) is 0 Å². The SMILES string of the molecule is COCC1(CNS(=O)(=O)c2c(C)nn(C)c2C)CCNCC1.Cl. The van der Waals surface area contributed by atoms with Crippen molar-refractivity contribution in [2.75, 3.05) is 33.4 Å². The Balaban J connectivity index is 0.00000264. The lowest BCUT2D eigenvalue weighted by Gasteiger charge is -2.37. The van der Waals surface area contributed by atoms with E-state index in [9.17, 15) is 8.42 Å². The van der Waals surface area contributed by atoms with Gasteiger partial charge in [-0.05, 0) is 39.8 Å². The lowest BCUT2D eigenvalue weighted by molar-refractivity contribution is 0.0577. The topological polar surface area (TPSA) is 85.2 Å².